The maximum atomic E-state index is 12.8. The van der Waals surface area contributed by atoms with E-state index in [0.29, 0.717) is 22.5 Å². The number of aliphatic hydroxyl groups is 1. The van der Waals surface area contributed by atoms with E-state index in [2.05, 4.69) is 10.3 Å². The monoisotopic (exact) mass is 448 g/mol. The summed E-state index contributed by atoms with van der Waals surface area (Å²) in [5.41, 5.74) is 0.196. The van der Waals surface area contributed by atoms with Crippen LogP contribution in [0.4, 0.5) is 11.4 Å². The second kappa shape index (κ2) is 9.70. The van der Waals surface area contributed by atoms with Gasteiger partial charge in [0.25, 0.3) is 11.2 Å². The number of aromatic nitrogens is 2. The Hall–Kier alpha value is -2.95. The van der Waals surface area contributed by atoms with Crippen molar-refractivity contribution >= 4 is 51.5 Å². The molecule has 0 fully saturated rings. The molecular weight excluding hydrogens is 432 g/mol. The molecule has 30 heavy (non-hydrogen) atoms. The summed E-state index contributed by atoms with van der Waals surface area (Å²) >= 11 is 6.84. The highest BCUT2D eigenvalue weighted by Gasteiger charge is 2.16. The third kappa shape index (κ3) is 4.96. The number of nitrogens with one attached hydrogen (secondary N) is 1. The van der Waals surface area contributed by atoms with Crippen LogP contribution < -0.4 is 10.9 Å². The Morgan fingerprint density at radius 1 is 1.30 bits per heavy atom. The number of hydrogen-bond donors (Lipinski definition) is 2. The van der Waals surface area contributed by atoms with Crippen molar-refractivity contribution in [1.29, 1.82) is 0 Å². The van der Waals surface area contributed by atoms with Gasteiger partial charge < -0.3 is 10.4 Å². The highest BCUT2D eigenvalue weighted by atomic mass is 35.5. The Labute approximate surface area is 179 Å². The highest BCUT2D eigenvalue weighted by molar-refractivity contribution is 7.99. The number of hydrogen-bond acceptors (Lipinski definition) is 7. The van der Waals surface area contributed by atoms with E-state index in [9.17, 15) is 19.7 Å². The number of aliphatic hydroxyl groups excluding tert-OH is 1. The Balaban J connectivity index is 1.79. The van der Waals surface area contributed by atoms with E-state index >= 15 is 0 Å². The first kappa shape index (κ1) is 21.8. The fourth-order valence-electron chi connectivity index (χ4n) is 2.74. The van der Waals surface area contributed by atoms with Crippen LogP contribution in [0.1, 0.15) is 6.42 Å². The predicted molar refractivity (Wildman–Crippen MR) is 115 cm³/mol. The quantitative estimate of drug-likeness (QED) is 0.234. The highest BCUT2D eigenvalue weighted by Crippen LogP contribution is 2.27. The van der Waals surface area contributed by atoms with Crippen molar-refractivity contribution in [3.05, 3.63) is 68.0 Å². The number of nitrogens with zero attached hydrogens (tertiary/aromatic N) is 3. The van der Waals surface area contributed by atoms with E-state index in [1.165, 1.54) is 22.8 Å². The summed E-state index contributed by atoms with van der Waals surface area (Å²) in [5, 5.41) is 23.5. The van der Waals surface area contributed by atoms with E-state index in [-0.39, 0.29) is 40.9 Å². The van der Waals surface area contributed by atoms with E-state index in [1.54, 1.807) is 24.3 Å². The van der Waals surface area contributed by atoms with Crippen LogP contribution in [0, 0.1) is 10.1 Å². The minimum absolute atomic E-state index is 0.0272. The van der Waals surface area contributed by atoms with Gasteiger partial charge in [0.05, 0.1) is 21.6 Å². The molecule has 3 rings (SSSR count). The maximum Gasteiger partial charge on any atom is 0.289 e. The zero-order chi connectivity index (χ0) is 21.7. The number of benzene rings is 2. The first-order valence-corrected chi connectivity index (χ1v) is 10.2. The van der Waals surface area contributed by atoms with Crippen molar-refractivity contribution in [1.82, 2.24) is 9.55 Å². The zero-order valence-electron chi connectivity index (χ0n) is 15.6. The number of amides is 1. The molecule has 2 aromatic carbocycles. The number of thioether (sulfide) groups is 1. The van der Waals surface area contributed by atoms with Crippen molar-refractivity contribution in [2.45, 2.75) is 18.1 Å². The normalized spacial score (nSPS) is 10.9. The minimum Gasteiger partial charge on any atom is -0.396 e. The number of rotatable bonds is 8. The molecule has 0 spiro atoms. The smallest absolute Gasteiger partial charge is 0.289 e. The lowest BCUT2D eigenvalue weighted by Crippen LogP contribution is -2.24. The molecule has 2 N–H and O–H groups in total. The van der Waals surface area contributed by atoms with Gasteiger partial charge in [-0.1, -0.05) is 35.5 Å². The van der Waals surface area contributed by atoms with Crippen LogP contribution in [-0.4, -0.2) is 37.8 Å². The summed E-state index contributed by atoms with van der Waals surface area (Å²) in [6.07, 6.45) is 0.369. The van der Waals surface area contributed by atoms with Crippen LogP contribution in [0.3, 0.4) is 0 Å². The van der Waals surface area contributed by atoms with Crippen molar-refractivity contribution < 1.29 is 14.8 Å². The number of halogens is 1. The standard InChI is InChI=1S/C19H17ClN4O5S/c20-14-7-6-12(10-16(14)24(28)29)21-17(26)11-30-19-22-15-5-2-1-4-13(15)18(27)23(19)8-3-9-25/h1-2,4-7,10,25H,3,8-9,11H2,(H,21,26). The Morgan fingerprint density at radius 2 is 2.07 bits per heavy atom. The van der Waals surface area contributed by atoms with E-state index in [0.717, 1.165) is 11.8 Å². The Kier molecular flexibility index (Phi) is 7.03. The van der Waals surface area contributed by atoms with Gasteiger partial charge in [0.2, 0.25) is 5.91 Å². The average molecular weight is 449 g/mol. The first-order chi connectivity index (χ1) is 14.4. The number of para-hydroxylation sites is 1. The molecule has 0 saturated carbocycles. The van der Waals surface area contributed by atoms with Crippen molar-refractivity contribution in [3.8, 4) is 0 Å². The first-order valence-electron chi connectivity index (χ1n) is 8.87. The zero-order valence-corrected chi connectivity index (χ0v) is 17.2. The molecule has 1 heterocycles. The fourth-order valence-corrected chi connectivity index (χ4v) is 3.75. The molecule has 156 valence electrons. The molecule has 1 amide bonds. The van der Waals surface area contributed by atoms with Crippen LogP contribution in [0.2, 0.25) is 5.02 Å². The molecule has 0 unspecified atom stereocenters. The summed E-state index contributed by atoms with van der Waals surface area (Å²) in [7, 11) is 0. The molecule has 0 bridgehead atoms. The van der Waals surface area contributed by atoms with Crippen molar-refractivity contribution in [2.75, 3.05) is 17.7 Å². The number of carbonyl (C=O) groups is 1. The third-order valence-corrected chi connectivity index (χ3v) is 5.42. The van der Waals surface area contributed by atoms with Crippen LogP contribution >= 0.6 is 23.4 Å². The topological polar surface area (TPSA) is 127 Å². The fraction of sp³-hybridized carbons (Fsp3) is 0.211. The maximum absolute atomic E-state index is 12.8. The summed E-state index contributed by atoms with van der Waals surface area (Å²) < 4.78 is 1.43. The molecule has 11 heteroatoms. The van der Waals surface area contributed by atoms with Gasteiger partial charge in [-0.05, 0) is 30.7 Å². The van der Waals surface area contributed by atoms with E-state index in [1.807, 2.05) is 0 Å². The molecule has 0 atom stereocenters. The number of fused-ring (bicyclic) bond motifs is 1. The molecule has 1 aromatic heterocycles. The lowest BCUT2D eigenvalue weighted by molar-refractivity contribution is -0.384. The second-order valence-corrected chi connectivity index (χ2v) is 7.56. The van der Waals surface area contributed by atoms with Crippen LogP contribution in [-0.2, 0) is 11.3 Å². The molecule has 0 aliphatic carbocycles. The third-order valence-electron chi connectivity index (χ3n) is 4.13. The molecule has 0 radical (unpaired) electrons. The molecule has 0 aliphatic heterocycles. The van der Waals surface area contributed by atoms with Gasteiger partial charge in [0.15, 0.2) is 5.16 Å². The lowest BCUT2D eigenvalue weighted by atomic mass is 10.2. The van der Waals surface area contributed by atoms with Gasteiger partial charge in [0, 0.05) is 24.9 Å². The van der Waals surface area contributed by atoms with Crippen LogP contribution in [0.5, 0.6) is 0 Å². The van der Waals surface area contributed by atoms with Gasteiger partial charge >= 0.3 is 0 Å². The molecular formula is C19H17ClN4O5S. The largest absolute Gasteiger partial charge is 0.396 e. The SMILES string of the molecule is O=C(CSc1nc2ccccc2c(=O)n1CCCO)Nc1ccc(Cl)c([N+](=O)[O-])c1. The summed E-state index contributed by atoms with van der Waals surface area (Å²) in [4.78, 5) is 39.9. The predicted octanol–water partition coefficient (Wildman–Crippen LogP) is 3.07. The second-order valence-electron chi connectivity index (χ2n) is 6.21. The number of anilines is 1. The van der Waals surface area contributed by atoms with E-state index in [4.69, 9.17) is 16.7 Å². The average Bonchev–Trinajstić information content (AvgIpc) is 2.73. The summed E-state index contributed by atoms with van der Waals surface area (Å²) in [6, 6.07) is 10.9. The number of carbonyl (C=O) groups excluding carboxylic acids is 1. The number of nitro groups is 1. The molecule has 9 nitrogen and oxygen atoms in total. The van der Waals surface area contributed by atoms with Gasteiger partial charge in [-0.25, -0.2) is 4.98 Å². The molecule has 0 aliphatic rings. The molecule has 0 saturated heterocycles. The summed E-state index contributed by atoms with van der Waals surface area (Å²) in [5.74, 6) is -0.493. The lowest BCUT2D eigenvalue weighted by Gasteiger charge is -2.12. The van der Waals surface area contributed by atoms with Gasteiger partial charge in [-0.3, -0.25) is 24.3 Å². The van der Waals surface area contributed by atoms with Crippen LogP contribution in [0.15, 0.2) is 52.4 Å². The Bertz CT molecular complexity index is 1170. The van der Waals surface area contributed by atoms with Crippen molar-refractivity contribution in [2.24, 2.45) is 0 Å². The minimum atomic E-state index is -0.633. The van der Waals surface area contributed by atoms with Gasteiger partial charge in [-0.2, -0.15) is 0 Å². The van der Waals surface area contributed by atoms with Gasteiger partial charge in [0.1, 0.15) is 5.02 Å². The molecule has 3 aromatic rings. The van der Waals surface area contributed by atoms with Crippen molar-refractivity contribution in [3.63, 3.8) is 0 Å². The van der Waals surface area contributed by atoms with Gasteiger partial charge in [-0.15, -0.1) is 0 Å². The summed E-state index contributed by atoms with van der Waals surface area (Å²) in [6.45, 7) is 0.180. The Morgan fingerprint density at radius 3 is 2.80 bits per heavy atom. The number of nitro benzene ring substituents is 1. The van der Waals surface area contributed by atoms with Crippen LogP contribution in [0.25, 0.3) is 10.9 Å². The van der Waals surface area contributed by atoms with E-state index < -0.39 is 10.8 Å².